The fourth-order valence-corrected chi connectivity index (χ4v) is 2.30. The minimum atomic E-state index is -0.0657. The van der Waals surface area contributed by atoms with E-state index in [2.05, 4.69) is 10.6 Å². The second kappa shape index (κ2) is 7.64. The molecule has 1 fully saturated rings. The van der Waals surface area contributed by atoms with Crippen LogP contribution in [0.15, 0.2) is 24.3 Å². The monoisotopic (exact) mass is 290 g/mol. The third-order valence-corrected chi connectivity index (χ3v) is 3.43. The van der Waals surface area contributed by atoms with Crippen LogP contribution in [0.25, 0.3) is 0 Å². The first-order chi connectivity index (χ1) is 10.2. The molecule has 6 heteroatoms. The maximum Gasteiger partial charge on any atom is 0.321 e. The van der Waals surface area contributed by atoms with Crippen LogP contribution in [0.1, 0.15) is 24.8 Å². The standard InChI is InChI=1S/C15H22N4O2/c16-7-6-14(20)17-11-12-4-3-5-13(10-12)18-15(21)19-8-1-2-9-19/h3-5,10H,1-2,6-9,11,16H2,(H,17,20)(H,18,21). The molecular formula is C15H22N4O2. The van der Waals surface area contributed by atoms with E-state index in [9.17, 15) is 9.59 Å². The molecule has 114 valence electrons. The number of nitrogens with one attached hydrogen (secondary N) is 2. The third kappa shape index (κ3) is 4.75. The number of nitrogens with zero attached hydrogens (tertiary/aromatic N) is 1. The SMILES string of the molecule is NCCC(=O)NCc1cccc(NC(=O)N2CCCC2)c1. The lowest BCUT2D eigenvalue weighted by Crippen LogP contribution is -2.32. The van der Waals surface area contributed by atoms with Crippen LogP contribution in [0, 0.1) is 0 Å². The molecule has 0 bridgehead atoms. The predicted molar refractivity (Wildman–Crippen MR) is 81.8 cm³/mol. The molecule has 1 saturated heterocycles. The van der Waals surface area contributed by atoms with Gasteiger partial charge in [-0.25, -0.2) is 4.79 Å². The van der Waals surface area contributed by atoms with Gasteiger partial charge in [0.05, 0.1) is 0 Å². The zero-order valence-corrected chi connectivity index (χ0v) is 12.1. The number of benzene rings is 1. The van der Waals surface area contributed by atoms with Crippen LogP contribution in [-0.4, -0.2) is 36.5 Å². The van der Waals surface area contributed by atoms with Crippen molar-refractivity contribution in [3.05, 3.63) is 29.8 Å². The van der Waals surface area contributed by atoms with Crippen LogP contribution < -0.4 is 16.4 Å². The van der Waals surface area contributed by atoms with Crippen LogP contribution in [0.5, 0.6) is 0 Å². The lowest BCUT2D eigenvalue weighted by Gasteiger charge is -2.16. The van der Waals surface area contributed by atoms with E-state index in [-0.39, 0.29) is 11.9 Å². The molecule has 0 unspecified atom stereocenters. The Morgan fingerprint density at radius 2 is 2.00 bits per heavy atom. The smallest absolute Gasteiger partial charge is 0.321 e. The lowest BCUT2D eigenvalue weighted by molar-refractivity contribution is -0.121. The first-order valence-electron chi connectivity index (χ1n) is 7.30. The Morgan fingerprint density at radius 3 is 2.71 bits per heavy atom. The minimum absolute atomic E-state index is 0.0585. The van der Waals surface area contributed by atoms with Crippen molar-refractivity contribution >= 4 is 17.6 Å². The van der Waals surface area contributed by atoms with Gasteiger partial charge in [-0.2, -0.15) is 0 Å². The third-order valence-electron chi connectivity index (χ3n) is 3.43. The van der Waals surface area contributed by atoms with Gasteiger partial charge in [-0.1, -0.05) is 12.1 Å². The Morgan fingerprint density at radius 1 is 1.24 bits per heavy atom. The first kappa shape index (κ1) is 15.3. The van der Waals surface area contributed by atoms with Crippen molar-refractivity contribution in [1.82, 2.24) is 10.2 Å². The topological polar surface area (TPSA) is 87.5 Å². The highest BCUT2D eigenvalue weighted by atomic mass is 16.2. The average Bonchev–Trinajstić information content (AvgIpc) is 3.00. The van der Waals surface area contributed by atoms with Gasteiger partial charge in [0.2, 0.25) is 5.91 Å². The molecule has 4 N–H and O–H groups in total. The number of likely N-dealkylation sites (tertiary alicyclic amines) is 1. The molecule has 1 aromatic carbocycles. The van der Waals surface area contributed by atoms with E-state index in [1.54, 1.807) is 0 Å². The number of anilines is 1. The van der Waals surface area contributed by atoms with Crippen molar-refractivity contribution in [1.29, 1.82) is 0 Å². The molecule has 1 aromatic rings. The number of carbonyl (C=O) groups excluding carboxylic acids is 2. The van der Waals surface area contributed by atoms with Crippen molar-refractivity contribution in [3.63, 3.8) is 0 Å². The largest absolute Gasteiger partial charge is 0.352 e. The van der Waals surface area contributed by atoms with Gasteiger partial charge in [0.25, 0.3) is 0 Å². The van der Waals surface area contributed by atoms with E-state index < -0.39 is 0 Å². The van der Waals surface area contributed by atoms with Gasteiger partial charge in [-0.3, -0.25) is 4.79 Å². The van der Waals surface area contributed by atoms with Gasteiger partial charge in [0.1, 0.15) is 0 Å². The zero-order valence-electron chi connectivity index (χ0n) is 12.1. The molecule has 6 nitrogen and oxygen atoms in total. The summed E-state index contributed by atoms with van der Waals surface area (Å²) in [4.78, 5) is 25.2. The quantitative estimate of drug-likeness (QED) is 0.763. The molecule has 0 saturated carbocycles. The molecule has 0 atom stereocenters. The van der Waals surface area contributed by atoms with Crippen LogP contribution in [0.2, 0.25) is 0 Å². The number of amides is 3. The summed E-state index contributed by atoms with van der Waals surface area (Å²) in [5, 5.41) is 5.68. The molecule has 2 rings (SSSR count). The van der Waals surface area contributed by atoms with Gasteiger partial charge in [0, 0.05) is 38.3 Å². The Hall–Kier alpha value is -2.08. The van der Waals surface area contributed by atoms with Gasteiger partial charge < -0.3 is 21.3 Å². The molecule has 1 heterocycles. The molecule has 3 amide bonds. The molecule has 0 radical (unpaired) electrons. The summed E-state index contributed by atoms with van der Waals surface area (Å²) in [6.07, 6.45) is 2.46. The highest BCUT2D eigenvalue weighted by Crippen LogP contribution is 2.14. The molecule has 0 aliphatic carbocycles. The minimum Gasteiger partial charge on any atom is -0.352 e. The van der Waals surface area contributed by atoms with Crippen molar-refractivity contribution in [2.75, 3.05) is 25.0 Å². The summed E-state index contributed by atoms with van der Waals surface area (Å²) in [6.45, 7) is 2.42. The van der Waals surface area contributed by atoms with Crippen LogP contribution in [0.3, 0.4) is 0 Å². The maximum absolute atomic E-state index is 12.0. The van der Waals surface area contributed by atoms with E-state index in [1.807, 2.05) is 29.2 Å². The van der Waals surface area contributed by atoms with Crippen molar-refractivity contribution in [3.8, 4) is 0 Å². The maximum atomic E-state index is 12.0. The predicted octanol–water partition coefficient (Wildman–Crippen LogP) is 1.28. The number of rotatable bonds is 5. The zero-order chi connectivity index (χ0) is 15.1. The van der Waals surface area contributed by atoms with Crippen molar-refractivity contribution < 1.29 is 9.59 Å². The molecule has 21 heavy (non-hydrogen) atoms. The Balaban J connectivity index is 1.88. The lowest BCUT2D eigenvalue weighted by atomic mass is 10.2. The summed E-state index contributed by atoms with van der Waals surface area (Å²) in [5.74, 6) is -0.0657. The molecule has 1 aliphatic heterocycles. The summed E-state index contributed by atoms with van der Waals surface area (Å²) in [7, 11) is 0. The van der Waals surface area contributed by atoms with Gasteiger partial charge in [-0.15, -0.1) is 0 Å². The summed E-state index contributed by atoms with van der Waals surface area (Å²) in [5.41, 5.74) is 7.02. The molecule has 0 aromatic heterocycles. The van der Waals surface area contributed by atoms with Crippen LogP contribution in [0.4, 0.5) is 10.5 Å². The van der Waals surface area contributed by atoms with Crippen LogP contribution in [-0.2, 0) is 11.3 Å². The second-order valence-corrected chi connectivity index (χ2v) is 5.14. The second-order valence-electron chi connectivity index (χ2n) is 5.14. The number of nitrogens with two attached hydrogens (primary N) is 1. The van der Waals surface area contributed by atoms with Gasteiger partial charge >= 0.3 is 6.03 Å². The van der Waals surface area contributed by atoms with E-state index >= 15 is 0 Å². The number of urea groups is 1. The molecule has 1 aliphatic rings. The Labute approximate surface area is 124 Å². The van der Waals surface area contributed by atoms with E-state index in [0.717, 1.165) is 37.2 Å². The first-order valence-corrected chi connectivity index (χ1v) is 7.30. The van der Waals surface area contributed by atoms with Crippen molar-refractivity contribution in [2.45, 2.75) is 25.8 Å². The summed E-state index contributed by atoms with van der Waals surface area (Å²) >= 11 is 0. The Bertz CT molecular complexity index is 498. The highest BCUT2D eigenvalue weighted by Gasteiger charge is 2.17. The molecule has 0 spiro atoms. The number of hydrogen-bond acceptors (Lipinski definition) is 3. The van der Waals surface area contributed by atoms with Crippen LogP contribution >= 0.6 is 0 Å². The number of carbonyl (C=O) groups is 2. The Kier molecular flexibility index (Phi) is 5.57. The van der Waals surface area contributed by atoms with E-state index in [0.29, 0.717) is 19.5 Å². The van der Waals surface area contributed by atoms with Gasteiger partial charge in [-0.05, 0) is 30.5 Å². The average molecular weight is 290 g/mol. The highest BCUT2D eigenvalue weighted by molar-refractivity contribution is 5.89. The number of hydrogen-bond donors (Lipinski definition) is 3. The van der Waals surface area contributed by atoms with Gasteiger partial charge in [0.15, 0.2) is 0 Å². The summed E-state index contributed by atoms with van der Waals surface area (Å²) in [6, 6.07) is 7.44. The van der Waals surface area contributed by atoms with Crippen molar-refractivity contribution in [2.24, 2.45) is 5.73 Å². The fraction of sp³-hybridized carbons (Fsp3) is 0.467. The molecular weight excluding hydrogens is 268 g/mol. The van der Waals surface area contributed by atoms with E-state index in [1.165, 1.54) is 0 Å². The fourth-order valence-electron chi connectivity index (χ4n) is 2.30. The normalized spacial score (nSPS) is 14.0. The van der Waals surface area contributed by atoms with E-state index in [4.69, 9.17) is 5.73 Å². The summed E-state index contributed by atoms with van der Waals surface area (Å²) < 4.78 is 0.